The van der Waals surface area contributed by atoms with Crippen LogP contribution in [0.4, 0.5) is 0 Å². The molecule has 0 fully saturated rings. The smallest absolute Gasteiger partial charge is 0.148 e. The Hall–Kier alpha value is -2.10. The molecule has 0 atom stereocenters. The van der Waals surface area contributed by atoms with Crippen LogP contribution >= 0.6 is 0 Å². The van der Waals surface area contributed by atoms with Crippen molar-refractivity contribution in [1.82, 2.24) is 14.7 Å². The molecular weight excluding hydrogens is 236 g/mol. The lowest BCUT2D eigenvalue weighted by Gasteiger charge is -2.11. The molecule has 19 heavy (non-hydrogen) atoms. The fourth-order valence-electron chi connectivity index (χ4n) is 2.21. The number of aliphatic imine (C=N–C) groups is 1. The lowest BCUT2D eigenvalue weighted by Crippen LogP contribution is -2.30. The first kappa shape index (κ1) is 12.0. The molecule has 2 aromatic rings. The van der Waals surface area contributed by atoms with E-state index in [0.717, 1.165) is 36.7 Å². The second-order valence-electron chi connectivity index (χ2n) is 4.79. The van der Waals surface area contributed by atoms with E-state index < -0.39 is 0 Å². The number of imidazole rings is 1. The topological polar surface area (TPSA) is 41.7 Å². The van der Waals surface area contributed by atoms with E-state index in [0.29, 0.717) is 0 Å². The van der Waals surface area contributed by atoms with Gasteiger partial charge in [0.1, 0.15) is 17.2 Å². The summed E-state index contributed by atoms with van der Waals surface area (Å²) in [6, 6.07) is 4.16. The Bertz CT molecular complexity index is 664. The standard InChI is InChI=1S/C15H18N4/c1-3-11(2)12-5-6-14-18-13(10-19(14)9-12)15-16-7-4-8-17-15/h3,5-6,9-10H,4,7-8H2,1-2H3,(H,16,17). The summed E-state index contributed by atoms with van der Waals surface area (Å²) < 4.78 is 2.07. The van der Waals surface area contributed by atoms with Gasteiger partial charge in [0.25, 0.3) is 0 Å². The zero-order chi connectivity index (χ0) is 13.2. The van der Waals surface area contributed by atoms with Crippen LogP contribution in [0.3, 0.4) is 0 Å². The third kappa shape index (κ3) is 2.26. The lowest BCUT2D eigenvalue weighted by molar-refractivity contribution is 0.741. The Kier molecular flexibility index (Phi) is 3.07. The number of rotatable bonds is 2. The molecule has 1 aliphatic rings. The van der Waals surface area contributed by atoms with Crippen molar-refractivity contribution < 1.29 is 0 Å². The first-order valence-electron chi connectivity index (χ1n) is 6.68. The minimum Gasteiger partial charge on any atom is -0.368 e. The van der Waals surface area contributed by atoms with Gasteiger partial charge in [-0.15, -0.1) is 0 Å². The summed E-state index contributed by atoms with van der Waals surface area (Å²) in [5, 5.41) is 3.31. The third-order valence-corrected chi connectivity index (χ3v) is 3.48. The SMILES string of the molecule is CC=C(C)c1ccc2nc(C3=NCCCN3)cn2c1. The van der Waals surface area contributed by atoms with Gasteiger partial charge < -0.3 is 9.72 Å². The van der Waals surface area contributed by atoms with E-state index in [9.17, 15) is 0 Å². The molecule has 1 aliphatic heterocycles. The summed E-state index contributed by atoms with van der Waals surface area (Å²) in [6.45, 7) is 6.04. The fraction of sp³-hybridized carbons (Fsp3) is 0.333. The maximum atomic E-state index is 4.61. The zero-order valence-corrected chi connectivity index (χ0v) is 11.3. The van der Waals surface area contributed by atoms with Gasteiger partial charge in [0.05, 0.1) is 0 Å². The minimum absolute atomic E-state index is 0.888. The van der Waals surface area contributed by atoms with E-state index in [4.69, 9.17) is 0 Å². The largest absolute Gasteiger partial charge is 0.368 e. The molecule has 3 rings (SSSR count). The van der Waals surface area contributed by atoms with Crippen molar-refractivity contribution in [3.8, 4) is 0 Å². The van der Waals surface area contributed by atoms with Crippen LogP contribution in [0, 0.1) is 0 Å². The Morgan fingerprint density at radius 2 is 2.26 bits per heavy atom. The molecule has 0 saturated heterocycles. The molecule has 0 aromatic carbocycles. The maximum Gasteiger partial charge on any atom is 0.148 e. The number of amidine groups is 1. The average Bonchev–Trinajstić information content (AvgIpc) is 2.90. The average molecular weight is 254 g/mol. The number of pyridine rings is 1. The number of aromatic nitrogens is 2. The van der Waals surface area contributed by atoms with Crippen LogP contribution in [0.1, 0.15) is 31.5 Å². The molecule has 0 saturated carbocycles. The summed E-state index contributed by atoms with van der Waals surface area (Å²) in [5.41, 5.74) is 4.37. The van der Waals surface area contributed by atoms with Crippen molar-refractivity contribution in [2.24, 2.45) is 4.99 Å². The van der Waals surface area contributed by atoms with Gasteiger partial charge in [-0.3, -0.25) is 4.99 Å². The van der Waals surface area contributed by atoms with Gasteiger partial charge in [-0.1, -0.05) is 6.08 Å². The molecule has 0 bridgehead atoms. The van der Waals surface area contributed by atoms with E-state index in [1.165, 1.54) is 11.1 Å². The van der Waals surface area contributed by atoms with E-state index >= 15 is 0 Å². The third-order valence-electron chi connectivity index (χ3n) is 3.48. The van der Waals surface area contributed by atoms with Gasteiger partial charge in [0.15, 0.2) is 0 Å². The van der Waals surface area contributed by atoms with Crippen LogP contribution in [-0.2, 0) is 0 Å². The Labute approximate surface area is 112 Å². The first-order chi connectivity index (χ1) is 9.28. The highest BCUT2D eigenvalue weighted by molar-refractivity contribution is 5.97. The first-order valence-corrected chi connectivity index (χ1v) is 6.68. The van der Waals surface area contributed by atoms with Crippen molar-refractivity contribution in [2.45, 2.75) is 20.3 Å². The minimum atomic E-state index is 0.888. The lowest BCUT2D eigenvalue weighted by atomic mass is 10.1. The van der Waals surface area contributed by atoms with Crippen molar-refractivity contribution in [2.75, 3.05) is 13.1 Å². The Balaban J connectivity index is 2.03. The van der Waals surface area contributed by atoms with Gasteiger partial charge in [-0.2, -0.15) is 0 Å². The number of nitrogens with zero attached hydrogens (tertiary/aromatic N) is 3. The highest BCUT2D eigenvalue weighted by Crippen LogP contribution is 2.15. The molecule has 4 heteroatoms. The summed E-state index contributed by atoms with van der Waals surface area (Å²) in [4.78, 5) is 9.10. The normalized spacial score (nSPS) is 16.3. The number of nitrogens with one attached hydrogen (secondary N) is 1. The van der Waals surface area contributed by atoms with E-state index in [1.807, 2.05) is 6.20 Å². The summed E-state index contributed by atoms with van der Waals surface area (Å²) >= 11 is 0. The molecule has 98 valence electrons. The number of hydrogen-bond acceptors (Lipinski definition) is 3. The van der Waals surface area contributed by atoms with Gasteiger partial charge in [0, 0.05) is 25.5 Å². The van der Waals surface area contributed by atoms with E-state index in [-0.39, 0.29) is 0 Å². The molecule has 3 heterocycles. The molecule has 0 aliphatic carbocycles. The van der Waals surface area contributed by atoms with Crippen LogP contribution in [0.2, 0.25) is 0 Å². The van der Waals surface area contributed by atoms with Gasteiger partial charge in [-0.05, 0) is 43.5 Å². The van der Waals surface area contributed by atoms with Crippen LogP contribution in [0.5, 0.6) is 0 Å². The Morgan fingerprint density at radius 1 is 1.37 bits per heavy atom. The molecule has 1 N–H and O–H groups in total. The fourth-order valence-corrected chi connectivity index (χ4v) is 2.21. The van der Waals surface area contributed by atoms with E-state index in [1.54, 1.807) is 0 Å². The van der Waals surface area contributed by atoms with Crippen molar-refractivity contribution in [1.29, 1.82) is 0 Å². The molecule has 0 amide bonds. The second-order valence-corrected chi connectivity index (χ2v) is 4.79. The number of allylic oxidation sites excluding steroid dienone is 2. The zero-order valence-electron chi connectivity index (χ0n) is 11.3. The second kappa shape index (κ2) is 4.88. The molecule has 4 nitrogen and oxygen atoms in total. The molecule has 0 radical (unpaired) electrons. The van der Waals surface area contributed by atoms with Gasteiger partial charge in [-0.25, -0.2) is 4.98 Å². The highest BCUT2D eigenvalue weighted by Gasteiger charge is 2.11. The highest BCUT2D eigenvalue weighted by atomic mass is 15.1. The van der Waals surface area contributed by atoms with Gasteiger partial charge >= 0.3 is 0 Å². The molecule has 2 aromatic heterocycles. The van der Waals surface area contributed by atoms with Crippen molar-refractivity contribution in [3.63, 3.8) is 0 Å². The van der Waals surface area contributed by atoms with Crippen molar-refractivity contribution >= 4 is 17.1 Å². The summed E-state index contributed by atoms with van der Waals surface area (Å²) in [7, 11) is 0. The quantitative estimate of drug-likeness (QED) is 0.894. The number of hydrogen-bond donors (Lipinski definition) is 1. The van der Waals surface area contributed by atoms with Gasteiger partial charge in [0.2, 0.25) is 0 Å². The van der Waals surface area contributed by atoms with Crippen LogP contribution in [0.25, 0.3) is 11.2 Å². The van der Waals surface area contributed by atoms with Crippen LogP contribution in [-0.4, -0.2) is 28.3 Å². The molecular formula is C15H18N4. The summed E-state index contributed by atoms with van der Waals surface area (Å²) in [6.07, 6.45) is 7.37. The van der Waals surface area contributed by atoms with E-state index in [2.05, 4.69) is 57.9 Å². The van der Waals surface area contributed by atoms with Crippen LogP contribution < -0.4 is 5.32 Å². The molecule has 0 spiro atoms. The predicted octanol–water partition coefficient (Wildman–Crippen LogP) is 2.50. The summed E-state index contributed by atoms with van der Waals surface area (Å²) in [5.74, 6) is 0.916. The Morgan fingerprint density at radius 3 is 3.00 bits per heavy atom. The predicted molar refractivity (Wildman–Crippen MR) is 78.5 cm³/mol. The maximum absolute atomic E-state index is 4.61. The monoisotopic (exact) mass is 254 g/mol. The van der Waals surface area contributed by atoms with Crippen LogP contribution in [0.15, 0.2) is 35.6 Å². The number of fused-ring (bicyclic) bond motifs is 1. The van der Waals surface area contributed by atoms with Crippen molar-refractivity contribution in [3.05, 3.63) is 41.9 Å². The molecule has 0 unspecified atom stereocenters.